The summed E-state index contributed by atoms with van der Waals surface area (Å²) in [5, 5.41) is 8.86. The van der Waals surface area contributed by atoms with Crippen molar-refractivity contribution in [2.45, 2.75) is 33.4 Å². The minimum atomic E-state index is 0. The molecule has 0 aliphatic rings. The van der Waals surface area contributed by atoms with Gasteiger partial charge in [0.25, 0.3) is 0 Å². The number of aliphatic imine (C=N–C) groups is 1. The van der Waals surface area contributed by atoms with Gasteiger partial charge >= 0.3 is 0 Å². The Hall–Kier alpha value is -1.28. The number of hydrogen-bond donors (Lipinski definition) is 2. The van der Waals surface area contributed by atoms with E-state index < -0.39 is 0 Å². The molecule has 0 aliphatic carbocycles. The zero-order valence-corrected chi connectivity index (χ0v) is 17.8. The molecule has 0 amide bonds. The number of halogens is 1. The lowest BCUT2D eigenvalue weighted by Crippen LogP contribution is -2.38. The SMILES string of the molecule is CCOc1ccc(CNC(=NC)NC(C)c2cccs2)cc1C.I. The maximum absolute atomic E-state index is 5.58. The Morgan fingerprint density at radius 3 is 2.71 bits per heavy atom. The Labute approximate surface area is 165 Å². The molecular weight excluding hydrogens is 433 g/mol. The Morgan fingerprint density at radius 1 is 1.33 bits per heavy atom. The minimum absolute atomic E-state index is 0. The van der Waals surface area contributed by atoms with Crippen LogP contribution in [0.25, 0.3) is 0 Å². The zero-order valence-electron chi connectivity index (χ0n) is 14.6. The molecule has 0 saturated heterocycles. The molecule has 0 saturated carbocycles. The second-order valence-corrected chi connectivity index (χ2v) is 6.32. The summed E-state index contributed by atoms with van der Waals surface area (Å²) in [7, 11) is 1.79. The number of guanidine groups is 1. The van der Waals surface area contributed by atoms with Crippen LogP contribution in [0, 0.1) is 6.92 Å². The van der Waals surface area contributed by atoms with E-state index in [-0.39, 0.29) is 30.0 Å². The summed E-state index contributed by atoms with van der Waals surface area (Å²) < 4.78 is 5.58. The van der Waals surface area contributed by atoms with Gasteiger partial charge in [-0.15, -0.1) is 35.3 Å². The lowest BCUT2D eigenvalue weighted by atomic mass is 10.1. The van der Waals surface area contributed by atoms with Crippen molar-refractivity contribution in [3.8, 4) is 5.75 Å². The first-order valence-corrected chi connectivity index (χ1v) is 8.75. The number of benzene rings is 1. The van der Waals surface area contributed by atoms with E-state index in [1.807, 2.05) is 13.0 Å². The van der Waals surface area contributed by atoms with Gasteiger partial charge in [0.05, 0.1) is 12.6 Å². The van der Waals surface area contributed by atoms with Gasteiger partial charge in [0.2, 0.25) is 0 Å². The van der Waals surface area contributed by atoms with Crippen molar-refractivity contribution in [1.82, 2.24) is 10.6 Å². The van der Waals surface area contributed by atoms with Gasteiger partial charge in [-0.05, 0) is 49.4 Å². The number of thiophene rings is 1. The topological polar surface area (TPSA) is 45.6 Å². The summed E-state index contributed by atoms with van der Waals surface area (Å²) in [5.74, 6) is 1.75. The number of rotatable bonds is 6. The maximum atomic E-state index is 5.58. The van der Waals surface area contributed by atoms with Crippen molar-refractivity contribution in [2.75, 3.05) is 13.7 Å². The highest BCUT2D eigenvalue weighted by Gasteiger charge is 2.08. The average Bonchev–Trinajstić information content (AvgIpc) is 3.08. The second kappa shape index (κ2) is 10.6. The van der Waals surface area contributed by atoms with E-state index in [1.165, 1.54) is 10.4 Å². The van der Waals surface area contributed by atoms with Crippen molar-refractivity contribution < 1.29 is 4.74 Å². The lowest BCUT2D eigenvalue weighted by Gasteiger charge is -2.17. The molecular formula is C18H26IN3OS. The third-order valence-corrected chi connectivity index (χ3v) is 4.60. The maximum Gasteiger partial charge on any atom is 0.191 e. The van der Waals surface area contributed by atoms with E-state index in [2.05, 4.69) is 59.1 Å². The van der Waals surface area contributed by atoms with Gasteiger partial charge in [0.15, 0.2) is 5.96 Å². The molecule has 4 nitrogen and oxygen atoms in total. The summed E-state index contributed by atoms with van der Waals surface area (Å²) in [6.07, 6.45) is 0. The number of hydrogen-bond acceptors (Lipinski definition) is 3. The quantitative estimate of drug-likeness (QED) is 0.380. The van der Waals surface area contributed by atoms with Crippen LogP contribution in [-0.2, 0) is 6.54 Å². The van der Waals surface area contributed by atoms with Crippen molar-refractivity contribution >= 4 is 41.3 Å². The third kappa shape index (κ3) is 5.98. The van der Waals surface area contributed by atoms with Crippen molar-refractivity contribution in [3.63, 3.8) is 0 Å². The van der Waals surface area contributed by atoms with Crippen LogP contribution in [0.5, 0.6) is 5.75 Å². The molecule has 1 unspecified atom stereocenters. The van der Waals surface area contributed by atoms with Crippen molar-refractivity contribution in [3.05, 3.63) is 51.7 Å². The molecule has 1 aromatic carbocycles. The molecule has 1 atom stereocenters. The van der Waals surface area contributed by atoms with E-state index in [0.29, 0.717) is 6.61 Å². The third-order valence-electron chi connectivity index (χ3n) is 3.55. The smallest absolute Gasteiger partial charge is 0.191 e. The fourth-order valence-electron chi connectivity index (χ4n) is 2.33. The molecule has 0 radical (unpaired) electrons. The van der Waals surface area contributed by atoms with E-state index in [4.69, 9.17) is 4.74 Å². The fraction of sp³-hybridized carbons (Fsp3) is 0.389. The molecule has 0 fully saturated rings. The van der Waals surface area contributed by atoms with Gasteiger partial charge in [0.1, 0.15) is 5.75 Å². The van der Waals surface area contributed by atoms with Crippen LogP contribution < -0.4 is 15.4 Å². The molecule has 132 valence electrons. The molecule has 0 aliphatic heterocycles. The standard InChI is InChI=1S/C18H25N3OS.HI/c1-5-22-16-9-8-15(11-13(16)2)12-20-18(19-4)21-14(3)17-7-6-10-23-17;/h6-11,14H,5,12H2,1-4H3,(H2,19,20,21);1H. The Balaban J connectivity index is 0.00000288. The van der Waals surface area contributed by atoms with Crippen LogP contribution in [0.2, 0.25) is 0 Å². The van der Waals surface area contributed by atoms with Gasteiger partial charge in [-0.25, -0.2) is 0 Å². The lowest BCUT2D eigenvalue weighted by molar-refractivity contribution is 0.338. The number of aryl methyl sites for hydroxylation is 1. The summed E-state index contributed by atoms with van der Waals surface area (Å²) in [4.78, 5) is 5.59. The van der Waals surface area contributed by atoms with Crippen LogP contribution in [0.1, 0.15) is 35.9 Å². The Bertz CT molecular complexity index is 644. The summed E-state index contributed by atoms with van der Waals surface area (Å²) in [5.41, 5.74) is 2.36. The van der Waals surface area contributed by atoms with Crippen LogP contribution in [0.4, 0.5) is 0 Å². The molecule has 0 bridgehead atoms. The van der Waals surface area contributed by atoms with Gasteiger partial charge in [-0.1, -0.05) is 18.2 Å². The highest BCUT2D eigenvalue weighted by molar-refractivity contribution is 14.0. The van der Waals surface area contributed by atoms with Gasteiger partial charge in [-0.2, -0.15) is 0 Å². The molecule has 2 aromatic rings. The first-order chi connectivity index (χ1) is 11.1. The molecule has 2 N–H and O–H groups in total. The fourth-order valence-corrected chi connectivity index (χ4v) is 3.07. The Morgan fingerprint density at radius 2 is 2.12 bits per heavy atom. The zero-order chi connectivity index (χ0) is 16.7. The second-order valence-electron chi connectivity index (χ2n) is 5.34. The van der Waals surface area contributed by atoms with Crippen LogP contribution in [0.15, 0.2) is 40.7 Å². The van der Waals surface area contributed by atoms with Gasteiger partial charge < -0.3 is 15.4 Å². The largest absolute Gasteiger partial charge is 0.494 e. The van der Waals surface area contributed by atoms with Gasteiger partial charge in [-0.3, -0.25) is 4.99 Å². The van der Waals surface area contributed by atoms with Crippen LogP contribution in [0.3, 0.4) is 0 Å². The van der Waals surface area contributed by atoms with Crippen molar-refractivity contribution in [1.29, 1.82) is 0 Å². The van der Waals surface area contributed by atoms with E-state index >= 15 is 0 Å². The number of ether oxygens (including phenoxy) is 1. The average molecular weight is 459 g/mol. The molecule has 0 spiro atoms. The van der Waals surface area contributed by atoms with Crippen LogP contribution >= 0.6 is 35.3 Å². The van der Waals surface area contributed by atoms with E-state index in [1.54, 1.807) is 18.4 Å². The van der Waals surface area contributed by atoms with Crippen LogP contribution in [-0.4, -0.2) is 19.6 Å². The first-order valence-electron chi connectivity index (χ1n) is 7.87. The predicted molar refractivity (Wildman–Crippen MR) is 114 cm³/mol. The molecule has 6 heteroatoms. The van der Waals surface area contributed by atoms with Crippen molar-refractivity contribution in [2.24, 2.45) is 4.99 Å². The number of nitrogens with zero attached hydrogens (tertiary/aromatic N) is 1. The molecule has 24 heavy (non-hydrogen) atoms. The van der Waals surface area contributed by atoms with E-state index in [0.717, 1.165) is 23.8 Å². The Kier molecular flexibility index (Phi) is 9.13. The molecule has 2 rings (SSSR count). The summed E-state index contributed by atoms with van der Waals surface area (Å²) in [6, 6.07) is 10.7. The molecule has 1 aromatic heterocycles. The van der Waals surface area contributed by atoms with Gasteiger partial charge in [0, 0.05) is 18.5 Å². The summed E-state index contributed by atoms with van der Waals surface area (Å²) >= 11 is 1.75. The summed E-state index contributed by atoms with van der Waals surface area (Å²) in [6.45, 7) is 7.62. The molecule has 1 heterocycles. The highest BCUT2D eigenvalue weighted by Crippen LogP contribution is 2.19. The predicted octanol–water partition coefficient (Wildman–Crippen LogP) is 4.50. The van der Waals surface area contributed by atoms with E-state index in [9.17, 15) is 0 Å². The monoisotopic (exact) mass is 459 g/mol. The number of nitrogens with one attached hydrogen (secondary N) is 2. The first kappa shape index (κ1) is 20.8. The normalized spacial score (nSPS) is 12.2. The highest BCUT2D eigenvalue weighted by atomic mass is 127. The minimum Gasteiger partial charge on any atom is -0.494 e.